The Bertz CT molecular complexity index is 8.00. The number of hydrogen-bond acceptors (Lipinski definition) is 0. The SMILES string of the molecule is [Ce].[CsH].[La].[Mn]. The van der Waals surface area contributed by atoms with Crippen molar-refractivity contribution in [1.82, 2.24) is 0 Å². The maximum Gasteiger partial charge on any atom is 0 e. The molecule has 0 aromatic rings. The summed E-state index contributed by atoms with van der Waals surface area (Å²) in [6, 6.07) is 0. The molecular weight excluding hydrogens is 467 g/mol. The van der Waals surface area contributed by atoms with Gasteiger partial charge >= 0.3 is 68.9 Å². The zero-order valence-corrected chi connectivity index (χ0v) is 9.40. The molecule has 0 saturated carbocycles. The van der Waals surface area contributed by atoms with E-state index < -0.39 is 0 Å². The fourth-order valence-corrected chi connectivity index (χ4v) is 0. The van der Waals surface area contributed by atoms with Gasteiger partial charge in [0.25, 0.3) is 0 Å². The first-order valence-corrected chi connectivity index (χ1v) is 0. The van der Waals surface area contributed by atoms with E-state index in [4.69, 9.17) is 0 Å². The van der Waals surface area contributed by atoms with Gasteiger partial charge in [-0.25, -0.2) is 0 Å². The molecule has 0 bridgehead atoms. The minimum absolute atomic E-state index is 0. The maximum atomic E-state index is 0. The molecule has 0 unspecified atom stereocenters. The fourth-order valence-electron chi connectivity index (χ4n) is 0. The molecule has 0 rings (SSSR count). The van der Waals surface area contributed by atoms with Gasteiger partial charge in [-0.3, -0.25) is 0 Å². The average Bonchev–Trinajstić information content (AvgIpc) is 0. The van der Waals surface area contributed by atoms with E-state index in [1.165, 1.54) is 0 Å². The van der Waals surface area contributed by atoms with Crippen LogP contribution in [0.3, 0.4) is 0 Å². The predicted molar refractivity (Wildman–Crippen MR) is 7.15 cm³/mol. The van der Waals surface area contributed by atoms with Crippen LogP contribution in [0.5, 0.6) is 0 Å². The average molecular weight is 468 g/mol. The van der Waals surface area contributed by atoms with Crippen LogP contribution < -0.4 is 0 Å². The van der Waals surface area contributed by atoms with Crippen LogP contribution in [0.15, 0.2) is 0 Å². The summed E-state index contributed by atoms with van der Waals surface area (Å²) in [6.45, 7) is 0. The monoisotopic (exact) mass is 468 g/mol. The van der Waals surface area contributed by atoms with Crippen LogP contribution >= 0.6 is 0 Å². The Morgan fingerprint density at radius 3 is 1.00 bits per heavy atom. The van der Waals surface area contributed by atoms with E-state index in [1.54, 1.807) is 0 Å². The molecule has 0 atom stereocenters. The van der Waals surface area contributed by atoms with Crippen molar-refractivity contribution < 1.29 is 94.4 Å². The van der Waals surface area contributed by atoms with Gasteiger partial charge in [0, 0.05) is 94.4 Å². The summed E-state index contributed by atoms with van der Waals surface area (Å²) in [5, 5.41) is 0. The molecule has 0 aliphatic rings. The standard InChI is InChI=1S/Ce.Cs.La.Mn.H. The van der Waals surface area contributed by atoms with Crippen LogP contribution in [-0.4, -0.2) is 68.9 Å². The summed E-state index contributed by atoms with van der Waals surface area (Å²) in [6.07, 6.45) is 0. The smallest absolute Gasteiger partial charge is 0 e. The molecule has 2 radical (unpaired) electrons. The van der Waals surface area contributed by atoms with Crippen molar-refractivity contribution in [3.8, 4) is 0 Å². The molecule has 0 fully saturated rings. The van der Waals surface area contributed by atoms with Gasteiger partial charge in [0.1, 0.15) is 0 Å². The Morgan fingerprint density at radius 2 is 1.00 bits per heavy atom. The van der Waals surface area contributed by atoms with E-state index in [2.05, 4.69) is 0 Å². The summed E-state index contributed by atoms with van der Waals surface area (Å²) in [7, 11) is 0. The summed E-state index contributed by atoms with van der Waals surface area (Å²) in [5.74, 6) is 0. The molecule has 0 aromatic carbocycles. The van der Waals surface area contributed by atoms with Gasteiger partial charge in [-0.1, -0.05) is 0 Å². The molecule has 16 valence electrons. The van der Waals surface area contributed by atoms with Gasteiger partial charge in [-0.15, -0.1) is 0 Å². The van der Waals surface area contributed by atoms with Gasteiger partial charge in [0.2, 0.25) is 0 Å². The molecule has 0 aromatic heterocycles. The van der Waals surface area contributed by atoms with E-state index in [-0.39, 0.29) is 163 Å². The Morgan fingerprint density at radius 1 is 1.00 bits per heavy atom. The molecule has 0 spiro atoms. The second kappa shape index (κ2) is 15.7. The number of hydrogen-bond donors (Lipinski definition) is 0. The van der Waals surface area contributed by atoms with Crippen LogP contribution in [-0.2, 0) is 17.1 Å². The fraction of sp³-hybridized carbons (Fsp3) is 0. The van der Waals surface area contributed by atoms with E-state index in [0.717, 1.165) is 0 Å². The Hall–Kier alpha value is 5.14. The summed E-state index contributed by atoms with van der Waals surface area (Å²) >= 11 is 0. The largest absolute Gasteiger partial charge is 0 e. The quantitative estimate of drug-likeness (QED) is 0.415. The van der Waals surface area contributed by atoms with Crippen molar-refractivity contribution in [3.05, 3.63) is 0 Å². The van der Waals surface area contributed by atoms with E-state index in [0.29, 0.717) is 0 Å². The van der Waals surface area contributed by atoms with Crippen LogP contribution in [0.1, 0.15) is 0 Å². The maximum absolute atomic E-state index is 0. The molecule has 0 amide bonds. The van der Waals surface area contributed by atoms with Gasteiger partial charge in [-0.2, -0.15) is 0 Å². The molecule has 4 heteroatoms. The van der Waals surface area contributed by atoms with Crippen LogP contribution in [0.2, 0.25) is 0 Å². The topological polar surface area (TPSA) is 0 Å². The normalized spacial score (nSPS) is 0. The Kier molecular flexibility index (Phi) is 90.0. The van der Waals surface area contributed by atoms with Crippen molar-refractivity contribution in [1.29, 1.82) is 0 Å². The Labute approximate surface area is 157 Å². The van der Waals surface area contributed by atoms with Crippen molar-refractivity contribution in [2.45, 2.75) is 0 Å². The van der Waals surface area contributed by atoms with Crippen molar-refractivity contribution in [3.63, 3.8) is 0 Å². The third-order valence-electron chi connectivity index (χ3n) is 0. The predicted octanol–water partition coefficient (Wildman–Crippen LogP) is -0.651. The molecule has 0 aliphatic carbocycles. The summed E-state index contributed by atoms with van der Waals surface area (Å²) in [5.41, 5.74) is 0. The third kappa shape index (κ3) is 10.2. The minimum atomic E-state index is 0. The molecule has 4 heavy (non-hydrogen) atoms. The van der Waals surface area contributed by atoms with Gasteiger partial charge in [0.15, 0.2) is 0 Å². The van der Waals surface area contributed by atoms with Crippen LogP contribution in [0.25, 0.3) is 0 Å². The summed E-state index contributed by atoms with van der Waals surface area (Å²) in [4.78, 5) is 0. The molecule has 0 saturated heterocycles. The summed E-state index contributed by atoms with van der Waals surface area (Å²) < 4.78 is 0. The van der Waals surface area contributed by atoms with E-state index in [1.807, 2.05) is 0 Å². The van der Waals surface area contributed by atoms with Crippen LogP contribution in [0.4, 0.5) is 0 Å². The molecule has 0 nitrogen and oxygen atoms in total. The first-order valence-electron chi connectivity index (χ1n) is 0. The van der Waals surface area contributed by atoms with Gasteiger partial charge < -0.3 is 0 Å². The minimum Gasteiger partial charge on any atom is 0 e. The number of rotatable bonds is 0. The van der Waals surface area contributed by atoms with Crippen molar-refractivity contribution in [2.75, 3.05) is 0 Å². The first-order chi connectivity index (χ1) is 0. The molecule has 0 N–H and O–H groups in total. The molecule has 0 heterocycles. The van der Waals surface area contributed by atoms with E-state index >= 15 is 0 Å². The first kappa shape index (κ1) is 22.9. The second-order valence-corrected chi connectivity index (χ2v) is 0. The van der Waals surface area contributed by atoms with Gasteiger partial charge in [0.05, 0.1) is 0 Å². The van der Waals surface area contributed by atoms with Crippen molar-refractivity contribution in [2.24, 2.45) is 0 Å². The zero-order valence-electron chi connectivity index (χ0n) is 1.46. The second-order valence-electron chi connectivity index (χ2n) is 0. The van der Waals surface area contributed by atoms with Crippen LogP contribution in [0, 0.1) is 77.3 Å². The zero-order chi connectivity index (χ0) is 0. The molecular formula is HCeCsLaMn. The Balaban J connectivity index is 0. The van der Waals surface area contributed by atoms with Crippen molar-refractivity contribution >= 4 is 68.9 Å². The third-order valence-corrected chi connectivity index (χ3v) is 0. The van der Waals surface area contributed by atoms with E-state index in [9.17, 15) is 0 Å². The molecule has 0 aliphatic heterocycles. The van der Waals surface area contributed by atoms with Gasteiger partial charge in [-0.05, 0) is 0 Å².